The summed E-state index contributed by atoms with van der Waals surface area (Å²) >= 11 is 0. The number of β-amino-alcohol motifs (C(OH)–C–C–N with tert-alkyl or cyclic N) is 1. The molecule has 1 saturated heterocycles. The molecule has 132 valence electrons. The van der Waals surface area contributed by atoms with Gasteiger partial charge in [-0.25, -0.2) is 8.42 Å². The van der Waals surface area contributed by atoms with Crippen LogP contribution in [-0.2, 0) is 16.3 Å². The highest BCUT2D eigenvalue weighted by Crippen LogP contribution is 2.23. The Bertz CT molecular complexity index is 870. The van der Waals surface area contributed by atoms with Gasteiger partial charge >= 0.3 is 0 Å². The molecule has 0 radical (unpaired) electrons. The number of amides is 1. The van der Waals surface area contributed by atoms with Crippen molar-refractivity contribution in [1.82, 2.24) is 14.9 Å². The van der Waals surface area contributed by atoms with Crippen molar-refractivity contribution in [3.8, 4) is 0 Å². The minimum atomic E-state index is -3.38. The molecule has 0 aliphatic carbocycles. The molecule has 1 aliphatic rings. The average molecular weight is 361 g/mol. The number of aromatic nitrogens is 2. The van der Waals surface area contributed by atoms with E-state index in [1.807, 2.05) is 0 Å². The molecule has 1 N–H and O–H groups in total. The molecule has 0 spiro atoms. The van der Waals surface area contributed by atoms with E-state index >= 15 is 0 Å². The molecule has 8 heteroatoms. The number of carbonyl (C=O) groups is 1. The van der Waals surface area contributed by atoms with E-state index in [0.29, 0.717) is 18.5 Å². The van der Waals surface area contributed by atoms with E-state index in [0.717, 1.165) is 11.9 Å². The molecule has 3 rings (SSSR count). The van der Waals surface area contributed by atoms with Crippen molar-refractivity contribution in [2.75, 3.05) is 19.3 Å². The lowest BCUT2D eigenvalue weighted by molar-refractivity contribution is 0.0764. The molecule has 7 nitrogen and oxygen atoms in total. The van der Waals surface area contributed by atoms with Crippen molar-refractivity contribution in [3.63, 3.8) is 0 Å². The monoisotopic (exact) mass is 361 g/mol. The summed E-state index contributed by atoms with van der Waals surface area (Å²) in [5, 5.41) is 10.3. The molecule has 2 heterocycles. The van der Waals surface area contributed by atoms with Crippen LogP contribution in [0.1, 0.15) is 16.1 Å². The smallest absolute Gasteiger partial charge is 0.253 e. The van der Waals surface area contributed by atoms with E-state index < -0.39 is 15.9 Å². The number of aliphatic hydroxyl groups excluding tert-OH is 1. The third kappa shape index (κ3) is 4.02. The Morgan fingerprint density at radius 3 is 2.80 bits per heavy atom. The Labute approximate surface area is 146 Å². The van der Waals surface area contributed by atoms with Crippen LogP contribution in [0.2, 0.25) is 0 Å². The highest BCUT2D eigenvalue weighted by atomic mass is 32.2. The van der Waals surface area contributed by atoms with E-state index in [4.69, 9.17) is 0 Å². The van der Waals surface area contributed by atoms with Crippen LogP contribution in [0.4, 0.5) is 0 Å². The van der Waals surface area contributed by atoms with Gasteiger partial charge in [-0.2, -0.15) is 0 Å². The molecule has 1 amide bonds. The van der Waals surface area contributed by atoms with Crippen LogP contribution in [0.15, 0.2) is 47.8 Å². The second-order valence-electron chi connectivity index (χ2n) is 6.24. The fourth-order valence-electron chi connectivity index (χ4n) is 2.97. The second-order valence-corrected chi connectivity index (χ2v) is 8.25. The van der Waals surface area contributed by atoms with Gasteiger partial charge < -0.3 is 10.0 Å². The highest BCUT2D eigenvalue weighted by molar-refractivity contribution is 7.90. The van der Waals surface area contributed by atoms with Crippen LogP contribution in [0, 0.1) is 5.92 Å². The maximum Gasteiger partial charge on any atom is 0.253 e. The third-order valence-corrected chi connectivity index (χ3v) is 5.40. The first kappa shape index (κ1) is 17.5. The molecule has 25 heavy (non-hydrogen) atoms. The molecule has 2 aromatic rings. The van der Waals surface area contributed by atoms with Gasteiger partial charge in [0.15, 0.2) is 9.84 Å². The number of rotatable bonds is 4. The summed E-state index contributed by atoms with van der Waals surface area (Å²) in [7, 11) is -3.38. The van der Waals surface area contributed by atoms with Crippen molar-refractivity contribution in [3.05, 3.63) is 54.1 Å². The molecule has 1 fully saturated rings. The van der Waals surface area contributed by atoms with Crippen molar-refractivity contribution < 1.29 is 18.3 Å². The number of hydrogen-bond donors (Lipinski definition) is 1. The summed E-state index contributed by atoms with van der Waals surface area (Å²) < 4.78 is 23.3. The lowest BCUT2D eigenvalue weighted by atomic mass is 10.0. The minimum absolute atomic E-state index is 0.106. The number of sulfone groups is 1. The quantitative estimate of drug-likeness (QED) is 0.854. The van der Waals surface area contributed by atoms with Gasteiger partial charge in [0, 0.05) is 49.4 Å². The van der Waals surface area contributed by atoms with Gasteiger partial charge in [-0.1, -0.05) is 6.07 Å². The fraction of sp³-hybridized carbons (Fsp3) is 0.353. The summed E-state index contributed by atoms with van der Waals surface area (Å²) in [5.41, 5.74) is 1.07. The molecule has 1 aromatic carbocycles. The van der Waals surface area contributed by atoms with Crippen LogP contribution in [0.5, 0.6) is 0 Å². The van der Waals surface area contributed by atoms with Crippen molar-refractivity contribution in [2.45, 2.75) is 17.4 Å². The summed E-state index contributed by atoms with van der Waals surface area (Å²) in [6.45, 7) is 0.604. The average Bonchev–Trinajstić information content (AvgIpc) is 2.95. The number of benzene rings is 1. The molecule has 2 atom stereocenters. The fourth-order valence-corrected chi connectivity index (χ4v) is 3.63. The molecule has 1 aromatic heterocycles. The van der Waals surface area contributed by atoms with Gasteiger partial charge in [0.05, 0.1) is 16.7 Å². The first-order valence-electron chi connectivity index (χ1n) is 7.87. The molecular formula is C17H19N3O4S. The first-order chi connectivity index (χ1) is 11.8. The molecule has 0 unspecified atom stereocenters. The van der Waals surface area contributed by atoms with Gasteiger partial charge in [0.25, 0.3) is 5.91 Å². The predicted molar refractivity (Wildman–Crippen MR) is 90.7 cm³/mol. The zero-order valence-electron chi connectivity index (χ0n) is 13.7. The van der Waals surface area contributed by atoms with E-state index in [9.17, 15) is 18.3 Å². The molecule has 0 saturated carbocycles. The van der Waals surface area contributed by atoms with Gasteiger partial charge in [-0.05, 0) is 24.6 Å². The van der Waals surface area contributed by atoms with E-state index in [-0.39, 0.29) is 23.3 Å². The SMILES string of the molecule is CS(=O)(=O)c1cccc(C(=O)N2C[C@@H](Cc3cnccn3)[C@H](O)C2)c1. The maximum atomic E-state index is 12.7. The van der Waals surface area contributed by atoms with Crippen LogP contribution in [-0.4, -0.2) is 59.7 Å². The van der Waals surface area contributed by atoms with E-state index in [2.05, 4.69) is 9.97 Å². The van der Waals surface area contributed by atoms with Crippen LogP contribution in [0.3, 0.4) is 0 Å². The van der Waals surface area contributed by atoms with Crippen LogP contribution in [0.25, 0.3) is 0 Å². The Balaban J connectivity index is 1.74. The Morgan fingerprint density at radius 2 is 2.12 bits per heavy atom. The number of likely N-dealkylation sites (tertiary alicyclic amines) is 1. The molecule has 0 bridgehead atoms. The van der Waals surface area contributed by atoms with E-state index in [1.165, 1.54) is 12.1 Å². The standard InChI is InChI=1S/C17H19N3O4S/c1-25(23,24)15-4-2-3-12(8-15)17(22)20-10-13(16(21)11-20)7-14-9-18-5-6-19-14/h2-6,8-9,13,16,21H,7,10-11H2,1H3/t13-,16-/m1/s1. The highest BCUT2D eigenvalue weighted by Gasteiger charge is 2.34. The lowest BCUT2D eigenvalue weighted by Gasteiger charge is -2.16. The van der Waals surface area contributed by atoms with Crippen molar-refractivity contribution in [2.24, 2.45) is 5.92 Å². The zero-order chi connectivity index (χ0) is 18.0. The predicted octanol–water partition coefficient (Wildman–Crippen LogP) is 0.556. The van der Waals surface area contributed by atoms with Crippen molar-refractivity contribution >= 4 is 15.7 Å². The molecule has 1 aliphatic heterocycles. The minimum Gasteiger partial charge on any atom is -0.391 e. The summed E-state index contributed by atoms with van der Waals surface area (Å²) in [6, 6.07) is 5.97. The maximum absolute atomic E-state index is 12.7. The van der Waals surface area contributed by atoms with E-state index in [1.54, 1.807) is 35.6 Å². The number of nitrogens with zero attached hydrogens (tertiary/aromatic N) is 3. The lowest BCUT2D eigenvalue weighted by Crippen LogP contribution is -2.29. The Hall–Kier alpha value is -2.32. The van der Waals surface area contributed by atoms with Gasteiger partial charge in [0.2, 0.25) is 0 Å². The van der Waals surface area contributed by atoms with Gasteiger partial charge in [0.1, 0.15) is 0 Å². The van der Waals surface area contributed by atoms with Crippen LogP contribution < -0.4 is 0 Å². The number of hydrogen-bond acceptors (Lipinski definition) is 6. The second kappa shape index (κ2) is 6.89. The summed E-state index contributed by atoms with van der Waals surface area (Å²) in [5.74, 6) is -0.412. The Morgan fingerprint density at radius 1 is 1.32 bits per heavy atom. The molecular weight excluding hydrogens is 342 g/mol. The first-order valence-corrected chi connectivity index (χ1v) is 9.76. The largest absolute Gasteiger partial charge is 0.391 e. The van der Waals surface area contributed by atoms with Crippen molar-refractivity contribution in [1.29, 1.82) is 0 Å². The number of carbonyl (C=O) groups excluding carboxylic acids is 1. The van der Waals surface area contributed by atoms with Crippen LogP contribution >= 0.6 is 0 Å². The Kier molecular flexibility index (Phi) is 4.82. The summed E-state index contributed by atoms with van der Waals surface area (Å²) in [6.07, 6.45) is 5.81. The third-order valence-electron chi connectivity index (χ3n) is 4.29. The van der Waals surface area contributed by atoms with Gasteiger partial charge in [-0.15, -0.1) is 0 Å². The number of aliphatic hydroxyl groups is 1. The zero-order valence-corrected chi connectivity index (χ0v) is 14.6. The normalized spacial score (nSPS) is 20.6. The topological polar surface area (TPSA) is 100 Å². The summed E-state index contributed by atoms with van der Waals surface area (Å²) in [4.78, 5) is 22.5. The van der Waals surface area contributed by atoms with Gasteiger partial charge in [-0.3, -0.25) is 14.8 Å².